The summed E-state index contributed by atoms with van der Waals surface area (Å²) < 4.78 is 1.89. The molecule has 1 aliphatic carbocycles. The van der Waals surface area contributed by atoms with Crippen molar-refractivity contribution in [1.82, 2.24) is 14.8 Å². The van der Waals surface area contributed by atoms with Crippen molar-refractivity contribution in [2.45, 2.75) is 51.7 Å². The van der Waals surface area contributed by atoms with E-state index < -0.39 is 0 Å². The summed E-state index contributed by atoms with van der Waals surface area (Å²) >= 11 is 0. The van der Waals surface area contributed by atoms with Crippen LogP contribution in [0.5, 0.6) is 0 Å². The van der Waals surface area contributed by atoms with Crippen LogP contribution in [0.3, 0.4) is 0 Å². The highest BCUT2D eigenvalue weighted by Crippen LogP contribution is 2.28. The number of hydrogen-bond acceptors (Lipinski definition) is 3. The summed E-state index contributed by atoms with van der Waals surface area (Å²) in [4.78, 5) is 4.26. The number of rotatable bonds is 1. The van der Waals surface area contributed by atoms with Gasteiger partial charge in [-0.1, -0.05) is 12.8 Å². The van der Waals surface area contributed by atoms with Crippen molar-refractivity contribution < 1.29 is 5.11 Å². The predicted molar refractivity (Wildman–Crippen MR) is 53.0 cm³/mol. The van der Waals surface area contributed by atoms with Gasteiger partial charge in [0, 0.05) is 0 Å². The highest BCUT2D eigenvalue weighted by Gasteiger charge is 2.26. The molecular formula is C10H17N3O. The summed E-state index contributed by atoms with van der Waals surface area (Å²) in [5.74, 6) is 1.70. The van der Waals surface area contributed by atoms with Crippen LogP contribution in [-0.2, 0) is 0 Å². The number of aliphatic hydroxyl groups excluding tert-OH is 1. The van der Waals surface area contributed by atoms with Crippen molar-refractivity contribution >= 4 is 0 Å². The topological polar surface area (TPSA) is 50.9 Å². The number of hydrogen-bond donors (Lipinski definition) is 1. The van der Waals surface area contributed by atoms with E-state index in [2.05, 4.69) is 10.1 Å². The summed E-state index contributed by atoms with van der Waals surface area (Å²) in [5, 5.41) is 14.2. The molecule has 1 aromatic heterocycles. The monoisotopic (exact) mass is 195 g/mol. The van der Waals surface area contributed by atoms with Crippen molar-refractivity contribution in [3.05, 3.63) is 11.6 Å². The number of aromatic nitrogens is 3. The molecule has 0 spiro atoms. The van der Waals surface area contributed by atoms with Crippen LogP contribution in [0.25, 0.3) is 0 Å². The average molecular weight is 195 g/mol. The van der Waals surface area contributed by atoms with E-state index in [1.807, 2.05) is 18.5 Å². The first-order valence-electron chi connectivity index (χ1n) is 5.26. The first kappa shape index (κ1) is 9.65. The lowest BCUT2D eigenvalue weighted by Crippen LogP contribution is -2.29. The molecule has 2 atom stereocenters. The molecule has 0 aromatic carbocycles. The summed E-state index contributed by atoms with van der Waals surface area (Å²) in [6.07, 6.45) is 3.97. The van der Waals surface area contributed by atoms with Crippen molar-refractivity contribution in [3.8, 4) is 0 Å². The fourth-order valence-corrected chi connectivity index (χ4v) is 2.23. The maximum atomic E-state index is 9.87. The lowest BCUT2D eigenvalue weighted by Gasteiger charge is -2.28. The molecule has 0 bridgehead atoms. The SMILES string of the molecule is Cc1nc(C)n([C@H]2CCCC[C@@H]2O)n1. The molecule has 1 saturated carbocycles. The summed E-state index contributed by atoms with van der Waals surface area (Å²) in [7, 11) is 0. The molecule has 0 radical (unpaired) electrons. The average Bonchev–Trinajstić information content (AvgIpc) is 2.46. The molecule has 4 nitrogen and oxygen atoms in total. The second-order valence-corrected chi connectivity index (χ2v) is 4.07. The van der Waals surface area contributed by atoms with Gasteiger partial charge in [0.1, 0.15) is 11.6 Å². The molecule has 1 aromatic rings. The van der Waals surface area contributed by atoms with E-state index in [0.717, 1.165) is 30.9 Å². The van der Waals surface area contributed by atoms with Gasteiger partial charge in [0.05, 0.1) is 12.1 Å². The van der Waals surface area contributed by atoms with E-state index >= 15 is 0 Å². The van der Waals surface area contributed by atoms with Crippen molar-refractivity contribution in [3.63, 3.8) is 0 Å². The van der Waals surface area contributed by atoms with Gasteiger partial charge in [-0.2, -0.15) is 5.10 Å². The lowest BCUT2D eigenvalue weighted by molar-refractivity contribution is 0.0680. The summed E-state index contributed by atoms with van der Waals surface area (Å²) in [6.45, 7) is 3.83. The second kappa shape index (κ2) is 3.69. The summed E-state index contributed by atoms with van der Waals surface area (Å²) in [5.41, 5.74) is 0. The van der Waals surface area contributed by atoms with E-state index in [0.29, 0.717) is 0 Å². The van der Waals surface area contributed by atoms with Crippen LogP contribution in [-0.4, -0.2) is 26.0 Å². The minimum Gasteiger partial charge on any atom is -0.391 e. The Hall–Kier alpha value is -0.900. The Bertz CT molecular complexity index is 321. The van der Waals surface area contributed by atoms with Crippen LogP contribution in [0.4, 0.5) is 0 Å². The van der Waals surface area contributed by atoms with Gasteiger partial charge in [-0.15, -0.1) is 0 Å². The molecule has 2 rings (SSSR count). The lowest BCUT2D eigenvalue weighted by atomic mass is 9.93. The molecule has 4 heteroatoms. The first-order chi connectivity index (χ1) is 6.68. The second-order valence-electron chi connectivity index (χ2n) is 4.07. The van der Waals surface area contributed by atoms with Crippen molar-refractivity contribution in [2.75, 3.05) is 0 Å². The van der Waals surface area contributed by atoms with E-state index in [1.165, 1.54) is 6.42 Å². The first-order valence-corrected chi connectivity index (χ1v) is 5.26. The zero-order valence-electron chi connectivity index (χ0n) is 8.77. The minimum atomic E-state index is -0.247. The van der Waals surface area contributed by atoms with Gasteiger partial charge >= 0.3 is 0 Å². The Labute approximate surface area is 84.0 Å². The van der Waals surface area contributed by atoms with Gasteiger partial charge in [0.2, 0.25) is 0 Å². The maximum Gasteiger partial charge on any atom is 0.147 e. The molecule has 1 fully saturated rings. The highest BCUT2D eigenvalue weighted by molar-refractivity contribution is 4.93. The normalized spacial score (nSPS) is 27.9. The Kier molecular flexibility index (Phi) is 2.54. The van der Waals surface area contributed by atoms with Crippen LogP contribution in [0, 0.1) is 13.8 Å². The van der Waals surface area contributed by atoms with E-state index in [-0.39, 0.29) is 12.1 Å². The van der Waals surface area contributed by atoms with Gasteiger partial charge in [-0.3, -0.25) is 0 Å². The Balaban J connectivity index is 2.24. The van der Waals surface area contributed by atoms with E-state index in [1.54, 1.807) is 0 Å². The zero-order chi connectivity index (χ0) is 10.1. The number of nitrogens with zero attached hydrogens (tertiary/aromatic N) is 3. The Morgan fingerprint density at radius 2 is 2.00 bits per heavy atom. The molecule has 78 valence electrons. The van der Waals surface area contributed by atoms with Crippen molar-refractivity contribution in [1.29, 1.82) is 0 Å². The van der Waals surface area contributed by atoms with Crippen LogP contribution in [0.2, 0.25) is 0 Å². The Morgan fingerprint density at radius 3 is 2.57 bits per heavy atom. The standard InChI is InChI=1S/C10H17N3O/c1-7-11-8(2)13(12-7)9-5-3-4-6-10(9)14/h9-10,14H,3-6H2,1-2H3/t9-,10-/m0/s1. The van der Waals surface area contributed by atoms with E-state index in [4.69, 9.17) is 0 Å². The van der Waals surface area contributed by atoms with Gasteiger partial charge in [0.25, 0.3) is 0 Å². The third-order valence-corrected chi connectivity index (χ3v) is 2.92. The van der Waals surface area contributed by atoms with Gasteiger partial charge < -0.3 is 5.11 Å². The molecule has 1 aliphatic rings. The molecule has 0 unspecified atom stereocenters. The van der Waals surface area contributed by atoms with Crippen LogP contribution in [0.15, 0.2) is 0 Å². The molecule has 0 saturated heterocycles. The molecule has 14 heavy (non-hydrogen) atoms. The molecule has 1 heterocycles. The largest absolute Gasteiger partial charge is 0.391 e. The molecule has 1 N–H and O–H groups in total. The molecule has 0 aliphatic heterocycles. The number of aryl methyl sites for hydroxylation is 2. The van der Waals surface area contributed by atoms with Crippen molar-refractivity contribution in [2.24, 2.45) is 0 Å². The highest BCUT2D eigenvalue weighted by atomic mass is 16.3. The maximum absolute atomic E-state index is 9.87. The summed E-state index contributed by atoms with van der Waals surface area (Å²) in [6, 6.07) is 0.143. The number of aliphatic hydroxyl groups is 1. The fourth-order valence-electron chi connectivity index (χ4n) is 2.23. The van der Waals surface area contributed by atoms with Crippen LogP contribution in [0.1, 0.15) is 43.4 Å². The third-order valence-electron chi connectivity index (χ3n) is 2.92. The fraction of sp³-hybridized carbons (Fsp3) is 0.800. The predicted octanol–water partition coefficient (Wildman–Crippen LogP) is 1.37. The Morgan fingerprint density at radius 1 is 1.29 bits per heavy atom. The van der Waals surface area contributed by atoms with Crippen LogP contribution < -0.4 is 0 Å². The van der Waals surface area contributed by atoms with Gasteiger partial charge in [0.15, 0.2) is 0 Å². The smallest absolute Gasteiger partial charge is 0.147 e. The molecular weight excluding hydrogens is 178 g/mol. The van der Waals surface area contributed by atoms with Gasteiger partial charge in [-0.05, 0) is 26.7 Å². The zero-order valence-corrected chi connectivity index (χ0v) is 8.77. The van der Waals surface area contributed by atoms with Crippen LogP contribution >= 0.6 is 0 Å². The third kappa shape index (κ3) is 1.66. The quantitative estimate of drug-likeness (QED) is 0.736. The van der Waals surface area contributed by atoms with Gasteiger partial charge in [-0.25, -0.2) is 9.67 Å². The molecule has 0 amide bonds. The van der Waals surface area contributed by atoms with E-state index in [9.17, 15) is 5.11 Å². The minimum absolute atomic E-state index is 0.143.